The molecule has 1 aliphatic heterocycles. The Morgan fingerprint density at radius 2 is 2.12 bits per heavy atom. The van der Waals surface area contributed by atoms with Gasteiger partial charge in [-0.25, -0.2) is 4.79 Å². The maximum atomic E-state index is 11.8. The fraction of sp³-hybridized carbons (Fsp3) is 0.333. The van der Waals surface area contributed by atoms with Crippen molar-refractivity contribution >= 4 is 17.7 Å². The first-order valence-electron chi connectivity index (χ1n) is 5.32. The summed E-state index contributed by atoms with van der Waals surface area (Å²) in [6.07, 6.45) is -1.44. The minimum Gasteiger partial charge on any atom is -0.450 e. The van der Waals surface area contributed by atoms with E-state index in [2.05, 4.69) is 0 Å². The van der Waals surface area contributed by atoms with Gasteiger partial charge in [0.15, 0.2) is 0 Å². The molecule has 0 saturated heterocycles. The average Bonchev–Trinajstić information content (AvgIpc) is 2.37. The zero-order chi connectivity index (χ0) is 12.4. The van der Waals surface area contributed by atoms with E-state index >= 15 is 0 Å². The van der Waals surface area contributed by atoms with Crippen LogP contribution in [-0.4, -0.2) is 30.3 Å². The summed E-state index contributed by atoms with van der Waals surface area (Å²) >= 11 is 0. The smallest absolute Gasteiger partial charge is 0.450 e. The van der Waals surface area contributed by atoms with Crippen molar-refractivity contribution in [3.63, 3.8) is 0 Å². The van der Waals surface area contributed by atoms with Crippen LogP contribution in [0.5, 0.6) is 0 Å². The van der Waals surface area contributed by atoms with Gasteiger partial charge in [0.25, 0.3) is 0 Å². The van der Waals surface area contributed by atoms with Crippen LogP contribution in [0.2, 0.25) is 0 Å². The molecule has 5 heteroatoms. The lowest BCUT2D eigenvalue weighted by atomic mass is 10.1. The molecule has 0 radical (unpaired) electrons. The molecule has 0 saturated carbocycles. The van der Waals surface area contributed by atoms with E-state index in [1.165, 1.54) is 0 Å². The van der Waals surface area contributed by atoms with Crippen molar-refractivity contribution in [2.24, 2.45) is 0 Å². The number of rotatable bonds is 1. The van der Waals surface area contributed by atoms with Gasteiger partial charge in [-0.1, -0.05) is 18.2 Å². The number of ether oxygens (including phenoxy) is 1. The molecule has 2 rings (SSSR count). The van der Waals surface area contributed by atoms with E-state index in [9.17, 15) is 9.59 Å². The van der Waals surface area contributed by atoms with E-state index in [4.69, 9.17) is 9.84 Å². The Kier molecular flexibility index (Phi) is 2.99. The first-order chi connectivity index (χ1) is 8.08. The number of para-hydroxylation sites is 1. The highest BCUT2D eigenvalue weighted by Gasteiger charge is 2.27. The summed E-state index contributed by atoms with van der Waals surface area (Å²) in [6, 6.07) is 7.43. The second kappa shape index (κ2) is 4.45. The molecule has 1 amide bonds. The van der Waals surface area contributed by atoms with E-state index < -0.39 is 12.3 Å². The number of benzene rings is 1. The summed E-state index contributed by atoms with van der Waals surface area (Å²) < 4.78 is 4.72. The number of carbonyl (C=O) groups is 2. The molecule has 1 unspecified atom stereocenters. The Labute approximate surface area is 98.6 Å². The van der Waals surface area contributed by atoms with E-state index in [1.807, 2.05) is 24.3 Å². The lowest BCUT2D eigenvalue weighted by molar-refractivity contribution is -0.120. The number of amides is 1. The number of carbonyl (C=O) groups excluding carboxylic acids is 1. The molecule has 1 aliphatic rings. The van der Waals surface area contributed by atoms with Gasteiger partial charge in [-0.2, -0.15) is 0 Å². The minimum atomic E-state index is -1.34. The van der Waals surface area contributed by atoms with Crippen molar-refractivity contribution in [3.05, 3.63) is 29.8 Å². The highest BCUT2D eigenvalue weighted by atomic mass is 16.7. The molecular weight excluding hydrogens is 222 g/mol. The van der Waals surface area contributed by atoms with Crippen LogP contribution < -0.4 is 4.90 Å². The van der Waals surface area contributed by atoms with E-state index in [-0.39, 0.29) is 12.3 Å². The highest BCUT2D eigenvalue weighted by molar-refractivity contribution is 5.94. The second-order valence-electron chi connectivity index (χ2n) is 4.00. The number of carboxylic acid groups (broad SMARTS) is 1. The van der Waals surface area contributed by atoms with Crippen molar-refractivity contribution in [1.82, 2.24) is 0 Å². The summed E-state index contributed by atoms with van der Waals surface area (Å²) in [5.74, 6) is -0.138. The molecule has 1 atom stereocenters. The maximum absolute atomic E-state index is 11.8. The van der Waals surface area contributed by atoms with E-state index in [1.54, 1.807) is 11.9 Å². The molecule has 0 fully saturated rings. The van der Waals surface area contributed by atoms with Gasteiger partial charge in [-0.05, 0) is 11.6 Å². The molecule has 17 heavy (non-hydrogen) atoms. The molecule has 0 aliphatic carbocycles. The molecule has 1 heterocycles. The number of hydrogen-bond donors (Lipinski definition) is 1. The maximum Gasteiger partial charge on any atom is 0.506 e. The minimum absolute atomic E-state index is 0.0808. The van der Waals surface area contributed by atoms with Gasteiger partial charge in [-0.3, -0.25) is 4.79 Å². The predicted molar refractivity (Wildman–Crippen MR) is 61.1 cm³/mol. The quantitative estimate of drug-likeness (QED) is 0.752. The van der Waals surface area contributed by atoms with Gasteiger partial charge in [0.1, 0.15) is 6.10 Å². The first-order valence-corrected chi connectivity index (χ1v) is 5.32. The van der Waals surface area contributed by atoms with Crippen molar-refractivity contribution < 1.29 is 19.4 Å². The van der Waals surface area contributed by atoms with Gasteiger partial charge >= 0.3 is 6.16 Å². The Morgan fingerprint density at radius 3 is 2.82 bits per heavy atom. The SMILES string of the molecule is CN1C(=O)CC(OC(=O)O)Cc2ccccc21. The third-order valence-corrected chi connectivity index (χ3v) is 2.84. The summed E-state index contributed by atoms with van der Waals surface area (Å²) in [5, 5.41) is 8.61. The Bertz CT molecular complexity index is 458. The zero-order valence-electron chi connectivity index (χ0n) is 9.42. The zero-order valence-corrected chi connectivity index (χ0v) is 9.42. The number of fused-ring (bicyclic) bond motifs is 1. The summed E-state index contributed by atoms with van der Waals surface area (Å²) in [5.41, 5.74) is 1.74. The summed E-state index contributed by atoms with van der Waals surface area (Å²) in [6.45, 7) is 0. The molecule has 1 aromatic carbocycles. The molecule has 5 nitrogen and oxygen atoms in total. The Morgan fingerprint density at radius 1 is 1.41 bits per heavy atom. The lowest BCUT2D eigenvalue weighted by Crippen LogP contribution is -2.29. The molecule has 0 bridgehead atoms. The van der Waals surface area contributed by atoms with Crippen molar-refractivity contribution in [2.45, 2.75) is 18.9 Å². The monoisotopic (exact) mass is 235 g/mol. The third kappa shape index (κ3) is 2.38. The molecule has 0 spiro atoms. The predicted octanol–water partition coefficient (Wildman–Crippen LogP) is 1.66. The normalized spacial score (nSPS) is 19.5. The average molecular weight is 235 g/mol. The van der Waals surface area contributed by atoms with Crippen LogP contribution in [0.25, 0.3) is 0 Å². The van der Waals surface area contributed by atoms with E-state index in [0.717, 1.165) is 11.3 Å². The summed E-state index contributed by atoms with van der Waals surface area (Å²) in [4.78, 5) is 23.9. The Hall–Kier alpha value is -2.04. The van der Waals surface area contributed by atoms with Gasteiger partial charge in [-0.15, -0.1) is 0 Å². The summed E-state index contributed by atoms with van der Waals surface area (Å²) in [7, 11) is 1.68. The number of anilines is 1. The standard InChI is InChI=1S/C12H13NO4/c1-13-10-5-3-2-4-8(10)6-9(7-11(13)14)17-12(15)16/h2-5,9H,6-7H2,1H3,(H,15,16). The van der Waals surface area contributed by atoms with Crippen LogP contribution in [0.1, 0.15) is 12.0 Å². The fourth-order valence-electron chi connectivity index (χ4n) is 2.02. The molecule has 1 aromatic rings. The van der Waals surface area contributed by atoms with Crippen LogP contribution >= 0.6 is 0 Å². The van der Waals surface area contributed by atoms with Crippen LogP contribution in [0.15, 0.2) is 24.3 Å². The molecule has 1 N–H and O–H groups in total. The first kappa shape index (κ1) is 11.4. The second-order valence-corrected chi connectivity index (χ2v) is 4.00. The number of hydrogen-bond acceptors (Lipinski definition) is 3. The molecule has 90 valence electrons. The van der Waals surface area contributed by atoms with Crippen molar-refractivity contribution in [1.29, 1.82) is 0 Å². The van der Waals surface area contributed by atoms with Crippen LogP contribution in [-0.2, 0) is 16.0 Å². The fourth-order valence-corrected chi connectivity index (χ4v) is 2.02. The van der Waals surface area contributed by atoms with Gasteiger partial charge in [0.05, 0.1) is 6.42 Å². The lowest BCUT2D eigenvalue weighted by Gasteiger charge is -2.16. The third-order valence-electron chi connectivity index (χ3n) is 2.84. The topological polar surface area (TPSA) is 66.8 Å². The van der Waals surface area contributed by atoms with Gasteiger partial charge < -0.3 is 14.7 Å². The molecular formula is C12H13NO4. The van der Waals surface area contributed by atoms with Gasteiger partial charge in [0, 0.05) is 19.2 Å². The number of nitrogens with zero attached hydrogens (tertiary/aromatic N) is 1. The highest BCUT2D eigenvalue weighted by Crippen LogP contribution is 2.26. The van der Waals surface area contributed by atoms with Gasteiger partial charge in [0.2, 0.25) is 5.91 Å². The Balaban J connectivity index is 2.32. The van der Waals surface area contributed by atoms with Crippen molar-refractivity contribution in [2.75, 3.05) is 11.9 Å². The molecule has 0 aromatic heterocycles. The van der Waals surface area contributed by atoms with Crippen molar-refractivity contribution in [3.8, 4) is 0 Å². The van der Waals surface area contributed by atoms with Crippen LogP contribution in [0.4, 0.5) is 10.5 Å². The van der Waals surface area contributed by atoms with Crippen LogP contribution in [0.3, 0.4) is 0 Å². The van der Waals surface area contributed by atoms with E-state index in [0.29, 0.717) is 6.42 Å². The largest absolute Gasteiger partial charge is 0.506 e. The van der Waals surface area contributed by atoms with Crippen LogP contribution in [0, 0.1) is 0 Å².